The average Bonchev–Trinajstić information content (AvgIpc) is 2.56. The lowest BCUT2D eigenvalue weighted by molar-refractivity contribution is 0.128. The summed E-state index contributed by atoms with van der Waals surface area (Å²) < 4.78 is 5.61. The number of methoxy groups -OCH3 is 1. The van der Waals surface area contributed by atoms with Gasteiger partial charge in [0, 0.05) is 19.0 Å². The van der Waals surface area contributed by atoms with E-state index >= 15 is 0 Å². The first-order valence-electron chi connectivity index (χ1n) is 7.44. The van der Waals surface area contributed by atoms with Crippen LogP contribution in [0.5, 0.6) is 0 Å². The Balaban J connectivity index is 1.89. The van der Waals surface area contributed by atoms with Gasteiger partial charge in [0.05, 0.1) is 0 Å². The minimum atomic E-state index is -0.205. The molecule has 0 saturated carbocycles. The minimum Gasteiger partial charge on any atom is -0.369 e. The van der Waals surface area contributed by atoms with E-state index in [2.05, 4.69) is 4.98 Å². The van der Waals surface area contributed by atoms with Crippen molar-refractivity contribution in [2.24, 2.45) is 11.7 Å². The molecule has 1 aliphatic carbocycles. The Morgan fingerprint density at radius 2 is 2.14 bits per heavy atom. The standard InChI is InChI=1S/C17H21N3O/c1-21-16(13-5-3-2-4-6-13)17-19-11-14-9-12(10-18)7-8-15(14)20-17/h2-6,11-12,16H,7-10,18H2,1H3. The average molecular weight is 283 g/mol. The molecule has 4 nitrogen and oxygen atoms in total. The Kier molecular flexibility index (Phi) is 4.27. The highest BCUT2D eigenvalue weighted by molar-refractivity contribution is 5.27. The molecule has 4 heteroatoms. The topological polar surface area (TPSA) is 61.0 Å². The second kappa shape index (κ2) is 6.33. The van der Waals surface area contributed by atoms with Gasteiger partial charge in [0.1, 0.15) is 6.10 Å². The van der Waals surface area contributed by atoms with E-state index in [-0.39, 0.29) is 6.10 Å². The summed E-state index contributed by atoms with van der Waals surface area (Å²) in [6.45, 7) is 0.742. The van der Waals surface area contributed by atoms with Crippen molar-refractivity contribution in [3.05, 3.63) is 59.2 Å². The highest BCUT2D eigenvalue weighted by Gasteiger charge is 2.22. The number of rotatable bonds is 4. The Morgan fingerprint density at radius 1 is 1.33 bits per heavy atom. The molecular weight excluding hydrogens is 262 g/mol. The molecule has 21 heavy (non-hydrogen) atoms. The number of aryl methyl sites for hydroxylation is 1. The smallest absolute Gasteiger partial charge is 0.162 e. The Morgan fingerprint density at radius 3 is 2.86 bits per heavy atom. The molecule has 2 N–H and O–H groups in total. The summed E-state index contributed by atoms with van der Waals surface area (Å²) in [6.07, 6.45) is 4.84. The second-order valence-electron chi connectivity index (χ2n) is 5.57. The number of hydrogen-bond donors (Lipinski definition) is 1. The van der Waals surface area contributed by atoms with E-state index in [1.807, 2.05) is 36.5 Å². The van der Waals surface area contributed by atoms with Crippen LogP contribution in [0, 0.1) is 5.92 Å². The zero-order valence-corrected chi connectivity index (χ0v) is 12.3. The van der Waals surface area contributed by atoms with Gasteiger partial charge in [0.25, 0.3) is 0 Å². The van der Waals surface area contributed by atoms with E-state index in [0.717, 1.165) is 42.9 Å². The maximum absolute atomic E-state index is 5.78. The van der Waals surface area contributed by atoms with E-state index in [4.69, 9.17) is 15.5 Å². The van der Waals surface area contributed by atoms with Crippen LogP contribution in [-0.2, 0) is 17.6 Å². The molecule has 0 fully saturated rings. The van der Waals surface area contributed by atoms with Gasteiger partial charge in [0.2, 0.25) is 0 Å². The molecular formula is C17H21N3O. The molecule has 0 bridgehead atoms. The van der Waals surface area contributed by atoms with Gasteiger partial charge in [-0.3, -0.25) is 0 Å². The number of nitrogens with zero attached hydrogens (tertiary/aromatic N) is 2. The van der Waals surface area contributed by atoms with Crippen LogP contribution in [0.2, 0.25) is 0 Å². The summed E-state index contributed by atoms with van der Waals surface area (Å²) in [5.41, 5.74) is 9.25. The maximum atomic E-state index is 5.78. The predicted octanol–water partition coefficient (Wildman–Crippen LogP) is 2.28. The summed E-state index contributed by atoms with van der Waals surface area (Å²) in [6, 6.07) is 10.1. The lowest BCUT2D eigenvalue weighted by Gasteiger charge is -2.23. The fourth-order valence-electron chi connectivity index (χ4n) is 2.94. The first-order chi connectivity index (χ1) is 10.3. The Labute approximate surface area is 125 Å². The van der Waals surface area contributed by atoms with Gasteiger partial charge in [0.15, 0.2) is 5.82 Å². The molecule has 1 aromatic heterocycles. The quantitative estimate of drug-likeness (QED) is 0.935. The molecule has 3 rings (SSSR count). The van der Waals surface area contributed by atoms with Crippen LogP contribution in [0.25, 0.3) is 0 Å². The van der Waals surface area contributed by atoms with Crippen LogP contribution in [0.3, 0.4) is 0 Å². The molecule has 110 valence electrons. The summed E-state index contributed by atoms with van der Waals surface area (Å²) >= 11 is 0. The van der Waals surface area contributed by atoms with Gasteiger partial charge in [-0.1, -0.05) is 30.3 Å². The molecule has 2 atom stereocenters. The van der Waals surface area contributed by atoms with Crippen LogP contribution >= 0.6 is 0 Å². The Bertz CT molecular complexity index is 600. The van der Waals surface area contributed by atoms with Crippen molar-refractivity contribution in [3.63, 3.8) is 0 Å². The fraction of sp³-hybridized carbons (Fsp3) is 0.412. The number of fused-ring (bicyclic) bond motifs is 1. The van der Waals surface area contributed by atoms with E-state index in [1.165, 1.54) is 5.56 Å². The molecule has 0 aliphatic heterocycles. The van der Waals surface area contributed by atoms with Crippen molar-refractivity contribution in [2.75, 3.05) is 13.7 Å². The lowest BCUT2D eigenvalue weighted by atomic mass is 9.87. The molecule has 0 spiro atoms. The highest BCUT2D eigenvalue weighted by atomic mass is 16.5. The second-order valence-corrected chi connectivity index (χ2v) is 5.57. The maximum Gasteiger partial charge on any atom is 0.162 e. The summed E-state index contributed by atoms with van der Waals surface area (Å²) in [5.74, 6) is 1.31. The van der Waals surface area contributed by atoms with Gasteiger partial charge >= 0.3 is 0 Å². The zero-order valence-electron chi connectivity index (χ0n) is 12.3. The lowest BCUT2D eigenvalue weighted by Crippen LogP contribution is -2.24. The SMILES string of the molecule is COC(c1ccccc1)c1ncc2c(n1)CCC(CN)C2. The number of hydrogen-bond acceptors (Lipinski definition) is 4. The van der Waals surface area contributed by atoms with E-state index in [0.29, 0.717) is 5.92 Å². The number of benzene rings is 1. The third-order valence-electron chi connectivity index (χ3n) is 4.18. The Hall–Kier alpha value is -1.78. The van der Waals surface area contributed by atoms with Crippen LogP contribution in [0.1, 0.15) is 35.2 Å². The van der Waals surface area contributed by atoms with Crippen molar-refractivity contribution in [2.45, 2.75) is 25.4 Å². The first-order valence-corrected chi connectivity index (χ1v) is 7.44. The third-order valence-corrected chi connectivity index (χ3v) is 4.18. The van der Waals surface area contributed by atoms with Gasteiger partial charge in [-0.25, -0.2) is 9.97 Å². The van der Waals surface area contributed by atoms with E-state index in [9.17, 15) is 0 Å². The largest absolute Gasteiger partial charge is 0.369 e. The molecule has 0 radical (unpaired) electrons. The molecule has 0 saturated heterocycles. The fourth-order valence-corrected chi connectivity index (χ4v) is 2.94. The van der Waals surface area contributed by atoms with Crippen molar-refractivity contribution < 1.29 is 4.74 Å². The zero-order chi connectivity index (χ0) is 14.7. The normalized spacial score (nSPS) is 19.0. The molecule has 0 amide bonds. The molecule has 1 aromatic carbocycles. The molecule has 1 aliphatic rings. The van der Waals surface area contributed by atoms with Crippen molar-refractivity contribution in [3.8, 4) is 0 Å². The van der Waals surface area contributed by atoms with Crippen molar-refractivity contribution in [1.82, 2.24) is 9.97 Å². The molecule has 1 heterocycles. The third kappa shape index (κ3) is 2.96. The van der Waals surface area contributed by atoms with Crippen LogP contribution in [0.4, 0.5) is 0 Å². The highest BCUT2D eigenvalue weighted by Crippen LogP contribution is 2.27. The van der Waals surface area contributed by atoms with Crippen molar-refractivity contribution in [1.29, 1.82) is 0 Å². The van der Waals surface area contributed by atoms with E-state index < -0.39 is 0 Å². The van der Waals surface area contributed by atoms with Crippen LogP contribution in [0.15, 0.2) is 36.5 Å². The number of ether oxygens (including phenoxy) is 1. The minimum absolute atomic E-state index is 0.205. The summed E-state index contributed by atoms with van der Waals surface area (Å²) in [4.78, 5) is 9.28. The van der Waals surface area contributed by atoms with Gasteiger partial charge < -0.3 is 10.5 Å². The predicted molar refractivity (Wildman–Crippen MR) is 81.9 cm³/mol. The van der Waals surface area contributed by atoms with Crippen molar-refractivity contribution >= 4 is 0 Å². The number of aromatic nitrogens is 2. The monoisotopic (exact) mass is 283 g/mol. The first kappa shape index (κ1) is 14.2. The van der Waals surface area contributed by atoms with Gasteiger partial charge in [-0.05, 0) is 42.9 Å². The van der Waals surface area contributed by atoms with Crippen LogP contribution in [-0.4, -0.2) is 23.6 Å². The van der Waals surface area contributed by atoms with Crippen LogP contribution < -0.4 is 5.73 Å². The summed E-state index contributed by atoms with van der Waals surface area (Å²) in [5, 5.41) is 0. The van der Waals surface area contributed by atoms with Gasteiger partial charge in [-0.15, -0.1) is 0 Å². The number of nitrogens with two attached hydrogens (primary N) is 1. The van der Waals surface area contributed by atoms with Gasteiger partial charge in [-0.2, -0.15) is 0 Å². The summed E-state index contributed by atoms with van der Waals surface area (Å²) in [7, 11) is 1.70. The molecule has 2 aromatic rings. The van der Waals surface area contributed by atoms with E-state index in [1.54, 1.807) is 7.11 Å². The molecule has 2 unspecified atom stereocenters.